The van der Waals surface area contributed by atoms with Crippen LogP contribution in [0.15, 0.2) is 12.1 Å². The average Bonchev–Trinajstić information content (AvgIpc) is 2.72. The third-order valence-corrected chi connectivity index (χ3v) is 4.27. The van der Waals surface area contributed by atoms with Crippen LogP contribution in [0, 0.1) is 0 Å². The molecule has 0 N–H and O–H groups in total. The van der Waals surface area contributed by atoms with E-state index >= 15 is 0 Å². The van der Waals surface area contributed by atoms with Gasteiger partial charge >= 0.3 is 5.97 Å². The van der Waals surface area contributed by atoms with Crippen molar-refractivity contribution in [2.45, 2.75) is 38.1 Å². The Hall–Kier alpha value is -1.75. The number of hydrogen-bond acceptors (Lipinski definition) is 5. The van der Waals surface area contributed by atoms with Gasteiger partial charge < -0.3 is 18.9 Å². The molecule has 1 fully saturated rings. The number of methoxy groups -OCH3 is 2. The molecule has 0 aliphatic carbocycles. The number of carbonyl (C=O) groups is 1. The molecule has 1 aromatic carbocycles. The second kappa shape index (κ2) is 3.88. The van der Waals surface area contributed by atoms with Gasteiger partial charge in [-0.1, -0.05) is 0 Å². The minimum absolute atomic E-state index is 0.360. The largest absolute Gasteiger partial charge is 0.493 e. The van der Waals surface area contributed by atoms with Gasteiger partial charge in [0.15, 0.2) is 17.1 Å². The summed E-state index contributed by atoms with van der Waals surface area (Å²) in [5, 5.41) is 0. The van der Waals surface area contributed by atoms with E-state index in [4.69, 9.17) is 18.9 Å². The van der Waals surface area contributed by atoms with E-state index in [-0.39, 0.29) is 5.97 Å². The quantitative estimate of drug-likeness (QED) is 0.775. The summed E-state index contributed by atoms with van der Waals surface area (Å²) in [6.45, 7) is 5.70. The molecule has 5 nitrogen and oxygen atoms in total. The van der Waals surface area contributed by atoms with Crippen molar-refractivity contribution >= 4 is 5.97 Å². The Kier molecular flexibility index (Phi) is 2.57. The summed E-state index contributed by atoms with van der Waals surface area (Å²) in [4.78, 5) is 12.2. The predicted octanol–water partition coefficient (Wildman–Crippen LogP) is 2.11. The number of rotatable bonds is 2. The fourth-order valence-corrected chi connectivity index (χ4v) is 2.90. The molecule has 1 saturated heterocycles. The molecule has 2 bridgehead atoms. The lowest BCUT2D eigenvalue weighted by Crippen LogP contribution is -2.43. The third-order valence-electron chi connectivity index (χ3n) is 4.27. The molecule has 2 atom stereocenters. The van der Waals surface area contributed by atoms with Gasteiger partial charge in [0.05, 0.1) is 19.6 Å². The van der Waals surface area contributed by atoms with Crippen LogP contribution in [-0.4, -0.2) is 26.5 Å². The first-order valence-electron chi connectivity index (χ1n) is 6.50. The molecular formula is C15H18O5. The average molecular weight is 278 g/mol. The highest BCUT2D eigenvalue weighted by atomic mass is 16.8. The first kappa shape index (κ1) is 13.2. The number of hydrogen-bond donors (Lipinski definition) is 0. The van der Waals surface area contributed by atoms with E-state index in [1.54, 1.807) is 27.2 Å². The number of carbonyl (C=O) groups excluding carboxylic acids is 1. The van der Waals surface area contributed by atoms with Crippen LogP contribution in [0.4, 0.5) is 0 Å². The van der Waals surface area contributed by atoms with Crippen LogP contribution in [0.3, 0.4) is 0 Å². The van der Waals surface area contributed by atoms with Crippen molar-refractivity contribution in [3.63, 3.8) is 0 Å². The number of fused-ring (bicyclic) bond motifs is 4. The maximum absolute atomic E-state index is 12.2. The molecule has 2 aliphatic heterocycles. The summed E-state index contributed by atoms with van der Waals surface area (Å²) in [7, 11) is 3.16. The molecule has 0 saturated carbocycles. The molecule has 0 aromatic heterocycles. The Morgan fingerprint density at radius 1 is 1.05 bits per heavy atom. The van der Waals surface area contributed by atoms with E-state index in [9.17, 15) is 4.79 Å². The van der Waals surface area contributed by atoms with Gasteiger partial charge in [-0.15, -0.1) is 0 Å². The Morgan fingerprint density at radius 2 is 1.60 bits per heavy atom. The highest BCUT2D eigenvalue weighted by Crippen LogP contribution is 2.52. The zero-order chi connectivity index (χ0) is 14.7. The summed E-state index contributed by atoms with van der Waals surface area (Å²) >= 11 is 0. The van der Waals surface area contributed by atoms with Gasteiger partial charge in [0.1, 0.15) is 0 Å². The second-order valence-corrected chi connectivity index (χ2v) is 5.86. The van der Waals surface area contributed by atoms with Crippen molar-refractivity contribution in [2.75, 3.05) is 14.2 Å². The van der Waals surface area contributed by atoms with Crippen molar-refractivity contribution in [3.05, 3.63) is 23.3 Å². The maximum Gasteiger partial charge on any atom is 0.345 e. The molecule has 0 spiro atoms. The molecule has 2 heterocycles. The molecule has 3 rings (SSSR count). The SMILES string of the molecule is COc1cc2c(cc1OC)[C@@]1(C)O[C@H](OC1=O)C2(C)C. The predicted molar refractivity (Wildman–Crippen MR) is 70.9 cm³/mol. The number of esters is 1. The van der Waals surface area contributed by atoms with Crippen LogP contribution in [0.25, 0.3) is 0 Å². The molecule has 20 heavy (non-hydrogen) atoms. The minimum atomic E-state index is -1.07. The lowest BCUT2D eigenvalue weighted by molar-refractivity contribution is -0.149. The molecule has 0 unspecified atom stereocenters. The standard InChI is InChI=1S/C15H18O5/c1-14(2)8-6-10(17-4)11(18-5)7-9(8)15(3)12(16)19-13(14)20-15/h6-7,13H,1-5H3/t13-,15+/m0/s1. The van der Waals surface area contributed by atoms with Crippen molar-refractivity contribution in [2.24, 2.45) is 0 Å². The minimum Gasteiger partial charge on any atom is -0.493 e. The van der Waals surface area contributed by atoms with E-state index in [1.165, 1.54) is 0 Å². The van der Waals surface area contributed by atoms with Crippen LogP contribution >= 0.6 is 0 Å². The highest BCUT2D eigenvalue weighted by Gasteiger charge is 2.59. The van der Waals surface area contributed by atoms with E-state index in [0.29, 0.717) is 11.5 Å². The van der Waals surface area contributed by atoms with Gasteiger partial charge in [0, 0.05) is 5.56 Å². The Morgan fingerprint density at radius 3 is 2.15 bits per heavy atom. The smallest absolute Gasteiger partial charge is 0.345 e. The van der Waals surface area contributed by atoms with Gasteiger partial charge in [-0.25, -0.2) is 4.79 Å². The van der Waals surface area contributed by atoms with E-state index in [1.807, 2.05) is 19.9 Å². The molecular weight excluding hydrogens is 260 g/mol. The van der Waals surface area contributed by atoms with Crippen LogP contribution in [0.2, 0.25) is 0 Å². The summed E-state index contributed by atoms with van der Waals surface area (Å²) in [6.07, 6.45) is -0.578. The molecule has 108 valence electrons. The molecule has 0 radical (unpaired) electrons. The number of ether oxygens (including phenoxy) is 4. The highest BCUT2D eigenvalue weighted by molar-refractivity contribution is 5.85. The first-order valence-corrected chi connectivity index (χ1v) is 6.50. The van der Waals surface area contributed by atoms with Crippen molar-refractivity contribution < 1.29 is 23.7 Å². The molecule has 1 aromatic rings. The summed E-state index contributed by atoms with van der Waals surface area (Å²) in [6, 6.07) is 3.71. The maximum atomic E-state index is 12.2. The van der Waals surface area contributed by atoms with Crippen LogP contribution in [0.5, 0.6) is 11.5 Å². The fraction of sp³-hybridized carbons (Fsp3) is 0.533. The Balaban J connectivity index is 2.30. The van der Waals surface area contributed by atoms with Crippen LogP contribution < -0.4 is 9.47 Å². The summed E-state index contributed by atoms with van der Waals surface area (Å²) < 4.78 is 21.9. The topological polar surface area (TPSA) is 54.0 Å². The zero-order valence-corrected chi connectivity index (χ0v) is 12.3. The van der Waals surface area contributed by atoms with Gasteiger partial charge in [-0.3, -0.25) is 0 Å². The zero-order valence-electron chi connectivity index (χ0n) is 12.3. The number of benzene rings is 1. The van der Waals surface area contributed by atoms with Gasteiger partial charge in [0.25, 0.3) is 0 Å². The fourth-order valence-electron chi connectivity index (χ4n) is 2.90. The lowest BCUT2D eigenvalue weighted by Gasteiger charge is -2.39. The van der Waals surface area contributed by atoms with E-state index in [2.05, 4.69) is 0 Å². The van der Waals surface area contributed by atoms with Gasteiger partial charge in [0.2, 0.25) is 6.29 Å². The molecule has 2 aliphatic rings. The normalized spacial score (nSPS) is 29.6. The third kappa shape index (κ3) is 1.44. The van der Waals surface area contributed by atoms with Crippen molar-refractivity contribution in [1.82, 2.24) is 0 Å². The lowest BCUT2D eigenvalue weighted by atomic mass is 9.75. The van der Waals surface area contributed by atoms with E-state index < -0.39 is 17.3 Å². The summed E-state index contributed by atoms with van der Waals surface area (Å²) in [5.41, 5.74) is 0.244. The first-order chi connectivity index (χ1) is 9.34. The van der Waals surface area contributed by atoms with Gasteiger partial charge in [-0.05, 0) is 38.5 Å². The summed E-state index contributed by atoms with van der Waals surface area (Å²) in [5.74, 6) is 0.850. The van der Waals surface area contributed by atoms with E-state index in [0.717, 1.165) is 11.1 Å². The Bertz CT molecular complexity index is 592. The van der Waals surface area contributed by atoms with Crippen molar-refractivity contribution in [1.29, 1.82) is 0 Å². The monoisotopic (exact) mass is 278 g/mol. The Labute approximate surface area is 117 Å². The second-order valence-electron chi connectivity index (χ2n) is 5.86. The van der Waals surface area contributed by atoms with Crippen LogP contribution in [0.1, 0.15) is 31.9 Å². The van der Waals surface area contributed by atoms with Crippen LogP contribution in [-0.2, 0) is 25.3 Å². The van der Waals surface area contributed by atoms with Gasteiger partial charge in [-0.2, -0.15) is 0 Å². The molecule has 5 heteroatoms. The van der Waals surface area contributed by atoms with Crippen molar-refractivity contribution in [3.8, 4) is 11.5 Å². The molecule has 0 amide bonds.